The minimum Gasteiger partial charge on any atom is -0.497 e. The predicted octanol–water partition coefficient (Wildman–Crippen LogP) is 0.864. The van der Waals surface area contributed by atoms with E-state index >= 15 is 0 Å². The first-order chi connectivity index (χ1) is 9.60. The first kappa shape index (κ1) is 14.1. The molecule has 1 saturated heterocycles. The van der Waals surface area contributed by atoms with Crippen molar-refractivity contribution in [2.75, 3.05) is 32.1 Å². The van der Waals surface area contributed by atoms with Crippen LogP contribution in [0.5, 0.6) is 5.75 Å². The van der Waals surface area contributed by atoms with Crippen molar-refractivity contribution in [1.29, 1.82) is 5.41 Å². The van der Waals surface area contributed by atoms with Crippen molar-refractivity contribution < 1.29 is 14.3 Å². The van der Waals surface area contributed by atoms with Crippen molar-refractivity contribution >= 4 is 17.6 Å². The number of amides is 2. The van der Waals surface area contributed by atoms with Gasteiger partial charge in [0, 0.05) is 18.3 Å². The van der Waals surface area contributed by atoms with Crippen LogP contribution in [0.1, 0.15) is 0 Å². The van der Waals surface area contributed by atoms with Crippen LogP contribution in [0.25, 0.3) is 0 Å². The molecule has 1 aromatic carbocycles. The number of hydrogen-bond acceptors (Lipinski definition) is 4. The Kier molecular flexibility index (Phi) is 4.41. The Balaban J connectivity index is 1.98. The van der Waals surface area contributed by atoms with Crippen LogP contribution in [0.15, 0.2) is 24.3 Å². The quantitative estimate of drug-likeness (QED) is 0.564. The molecule has 4 N–H and O–H groups in total. The number of urea groups is 1. The molecule has 20 heavy (non-hydrogen) atoms. The number of benzene rings is 1. The van der Waals surface area contributed by atoms with Crippen LogP contribution in [-0.2, 0) is 4.74 Å². The summed E-state index contributed by atoms with van der Waals surface area (Å²) in [5, 5.41) is 10.2. The van der Waals surface area contributed by atoms with E-state index in [1.807, 2.05) is 0 Å². The minimum atomic E-state index is -0.528. The van der Waals surface area contributed by atoms with Gasteiger partial charge in [-0.3, -0.25) is 5.41 Å². The number of methoxy groups -OCH3 is 1. The summed E-state index contributed by atoms with van der Waals surface area (Å²) in [7, 11) is 1.57. The van der Waals surface area contributed by atoms with Gasteiger partial charge in [0.05, 0.1) is 20.3 Å². The Morgan fingerprint density at radius 2 is 2.40 bits per heavy atom. The molecule has 1 aliphatic rings. The monoisotopic (exact) mass is 278 g/mol. The van der Waals surface area contributed by atoms with Gasteiger partial charge < -0.3 is 25.4 Å². The highest BCUT2D eigenvalue weighted by atomic mass is 16.5. The standard InChI is InChI=1S/C13H18N4O3/c1-19-10-4-2-3-9(7-10)16-13(18)17-5-6-20-11(8-17)12(14)15/h2-4,7,11H,5-6,8H2,1H3,(H3,14,15)(H,16,18). The van der Waals surface area contributed by atoms with Crippen molar-refractivity contribution in [3.8, 4) is 5.75 Å². The molecule has 1 heterocycles. The molecule has 0 radical (unpaired) electrons. The van der Waals surface area contributed by atoms with E-state index in [2.05, 4.69) is 5.32 Å². The highest BCUT2D eigenvalue weighted by Crippen LogP contribution is 2.17. The van der Waals surface area contributed by atoms with E-state index in [0.29, 0.717) is 24.6 Å². The van der Waals surface area contributed by atoms with Crippen LogP contribution in [0, 0.1) is 5.41 Å². The second-order valence-corrected chi connectivity index (χ2v) is 4.42. The lowest BCUT2D eigenvalue weighted by Crippen LogP contribution is -2.51. The first-order valence-electron chi connectivity index (χ1n) is 6.25. The van der Waals surface area contributed by atoms with Gasteiger partial charge in [-0.15, -0.1) is 0 Å². The van der Waals surface area contributed by atoms with Crippen LogP contribution < -0.4 is 15.8 Å². The molecule has 0 aromatic heterocycles. The Hall–Kier alpha value is -2.28. The maximum atomic E-state index is 12.1. The molecule has 1 atom stereocenters. The smallest absolute Gasteiger partial charge is 0.322 e. The van der Waals surface area contributed by atoms with Crippen LogP contribution in [0.3, 0.4) is 0 Å². The number of morpholine rings is 1. The van der Waals surface area contributed by atoms with Crippen molar-refractivity contribution in [1.82, 2.24) is 4.90 Å². The number of ether oxygens (including phenoxy) is 2. The summed E-state index contributed by atoms with van der Waals surface area (Å²) in [6.45, 7) is 1.13. The second kappa shape index (κ2) is 6.25. The fourth-order valence-electron chi connectivity index (χ4n) is 1.93. The largest absolute Gasteiger partial charge is 0.497 e. The van der Waals surface area contributed by atoms with Gasteiger partial charge >= 0.3 is 6.03 Å². The van der Waals surface area contributed by atoms with Crippen molar-refractivity contribution in [2.24, 2.45) is 5.73 Å². The highest BCUT2D eigenvalue weighted by Gasteiger charge is 2.26. The van der Waals surface area contributed by atoms with Crippen molar-refractivity contribution in [2.45, 2.75) is 6.10 Å². The zero-order valence-electron chi connectivity index (χ0n) is 11.3. The van der Waals surface area contributed by atoms with E-state index < -0.39 is 6.10 Å². The summed E-state index contributed by atoms with van der Waals surface area (Å²) in [4.78, 5) is 13.7. The van der Waals surface area contributed by atoms with E-state index in [9.17, 15) is 4.79 Å². The Bertz CT molecular complexity index is 506. The van der Waals surface area contributed by atoms with Gasteiger partial charge in [-0.2, -0.15) is 0 Å². The number of nitrogens with one attached hydrogen (secondary N) is 2. The molecule has 0 aliphatic carbocycles. The lowest BCUT2D eigenvalue weighted by Gasteiger charge is -2.32. The van der Waals surface area contributed by atoms with E-state index in [0.717, 1.165) is 0 Å². The third-order valence-electron chi connectivity index (χ3n) is 3.02. The molecule has 0 bridgehead atoms. The number of carbonyl (C=O) groups excluding carboxylic acids is 1. The van der Waals surface area contributed by atoms with E-state index in [-0.39, 0.29) is 18.4 Å². The van der Waals surface area contributed by atoms with Gasteiger partial charge in [0.1, 0.15) is 17.7 Å². The molecule has 1 fully saturated rings. The number of nitrogens with two attached hydrogens (primary N) is 1. The van der Waals surface area contributed by atoms with E-state index in [1.165, 1.54) is 0 Å². The molecular formula is C13H18N4O3. The highest BCUT2D eigenvalue weighted by molar-refractivity contribution is 5.90. The van der Waals surface area contributed by atoms with Gasteiger partial charge in [0.2, 0.25) is 0 Å². The fraction of sp³-hybridized carbons (Fsp3) is 0.385. The average Bonchev–Trinajstić information content (AvgIpc) is 2.47. The Morgan fingerprint density at radius 3 is 3.10 bits per heavy atom. The normalized spacial score (nSPS) is 18.4. The van der Waals surface area contributed by atoms with Gasteiger partial charge in [-0.1, -0.05) is 6.07 Å². The van der Waals surface area contributed by atoms with Gasteiger partial charge in [-0.25, -0.2) is 4.79 Å². The Labute approximate surface area is 117 Å². The fourth-order valence-corrected chi connectivity index (χ4v) is 1.93. The van der Waals surface area contributed by atoms with Crippen LogP contribution >= 0.6 is 0 Å². The van der Waals surface area contributed by atoms with Crippen molar-refractivity contribution in [3.05, 3.63) is 24.3 Å². The summed E-state index contributed by atoms with van der Waals surface area (Å²) in [6, 6.07) is 6.87. The lowest BCUT2D eigenvalue weighted by molar-refractivity contribution is 0.0234. The average molecular weight is 278 g/mol. The number of rotatable bonds is 3. The van der Waals surface area contributed by atoms with Gasteiger partial charge in [0.15, 0.2) is 0 Å². The van der Waals surface area contributed by atoms with Gasteiger partial charge in [-0.05, 0) is 12.1 Å². The number of amidine groups is 1. The topological polar surface area (TPSA) is 101 Å². The number of nitrogens with zero attached hydrogens (tertiary/aromatic N) is 1. The van der Waals surface area contributed by atoms with Gasteiger partial charge in [0.25, 0.3) is 0 Å². The zero-order valence-corrected chi connectivity index (χ0v) is 11.3. The molecule has 2 amide bonds. The second-order valence-electron chi connectivity index (χ2n) is 4.42. The summed E-state index contributed by atoms with van der Waals surface area (Å²) >= 11 is 0. The first-order valence-corrected chi connectivity index (χ1v) is 6.25. The maximum Gasteiger partial charge on any atom is 0.322 e. The molecule has 0 saturated carbocycles. The summed E-state index contributed by atoms with van der Waals surface area (Å²) in [5.74, 6) is 0.607. The van der Waals surface area contributed by atoms with Crippen LogP contribution in [0.2, 0.25) is 0 Å². The number of hydrogen-bond donors (Lipinski definition) is 3. The Morgan fingerprint density at radius 1 is 1.60 bits per heavy atom. The molecule has 2 rings (SSSR count). The third kappa shape index (κ3) is 3.39. The molecule has 0 spiro atoms. The summed E-state index contributed by atoms with van der Waals surface area (Å²) in [6.07, 6.45) is -0.528. The summed E-state index contributed by atoms with van der Waals surface area (Å²) < 4.78 is 10.4. The SMILES string of the molecule is COc1cccc(NC(=O)N2CCOC(C(=N)N)C2)c1. The van der Waals surface area contributed by atoms with Crippen LogP contribution in [-0.4, -0.2) is 49.7 Å². The molecule has 108 valence electrons. The molecule has 7 heteroatoms. The lowest BCUT2D eigenvalue weighted by atomic mass is 10.2. The number of carbonyl (C=O) groups is 1. The predicted molar refractivity (Wildman–Crippen MR) is 75.2 cm³/mol. The minimum absolute atomic E-state index is 0.0659. The molecule has 1 aliphatic heterocycles. The zero-order chi connectivity index (χ0) is 14.5. The van der Waals surface area contributed by atoms with Crippen molar-refractivity contribution in [3.63, 3.8) is 0 Å². The molecular weight excluding hydrogens is 260 g/mol. The molecule has 1 unspecified atom stereocenters. The van der Waals surface area contributed by atoms with E-state index in [4.69, 9.17) is 20.6 Å². The molecule has 7 nitrogen and oxygen atoms in total. The molecule has 1 aromatic rings. The maximum absolute atomic E-state index is 12.1. The number of anilines is 1. The third-order valence-corrected chi connectivity index (χ3v) is 3.02. The summed E-state index contributed by atoms with van der Waals surface area (Å²) in [5.41, 5.74) is 6.06. The van der Waals surface area contributed by atoms with Crippen LogP contribution in [0.4, 0.5) is 10.5 Å². The van der Waals surface area contributed by atoms with E-state index in [1.54, 1.807) is 36.3 Å².